The number of alkyl halides is 1. The van der Waals surface area contributed by atoms with Crippen LogP contribution in [0.25, 0.3) is 0 Å². The van der Waals surface area contributed by atoms with Gasteiger partial charge in [-0.25, -0.2) is 0 Å². The molecule has 1 aromatic rings. The van der Waals surface area contributed by atoms with E-state index in [1.54, 1.807) is 12.1 Å². The SMILES string of the molecule is Cc1cc(N)c(C(=O)CCl)c(N)c1. The number of halogens is 1. The van der Waals surface area contributed by atoms with Crippen LogP contribution in [0.2, 0.25) is 0 Å². The molecule has 4 N–H and O–H groups in total. The highest BCUT2D eigenvalue weighted by molar-refractivity contribution is 6.31. The number of nitrogen functional groups attached to an aromatic ring is 2. The molecule has 0 saturated heterocycles. The van der Waals surface area contributed by atoms with E-state index >= 15 is 0 Å². The molecule has 1 aromatic carbocycles. The van der Waals surface area contributed by atoms with Crippen LogP contribution in [0, 0.1) is 6.92 Å². The number of carbonyl (C=O) groups excluding carboxylic acids is 1. The van der Waals surface area contributed by atoms with Crippen LogP contribution in [0.5, 0.6) is 0 Å². The zero-order valence-electron chi connectivity index (χ0n) is 7.30. The number of Topliss-reactive ketones (excluding diaryl/α,β-unsaturated/α-hetero) is 1. The average molecular weight is 199 g/mol. The molecule has 0 heterocycles. The minimum atomic E-state index is -0.239. The molecule has 0 aliphatic heterocycles. The van der Waals surface area contributed by atoms with Crippen LogP contribution in [0.1, 0.15) is 15.9 Å². The van der Waals surface area contributed by atoms with E-state index in [9.17, 15) is 4.79 Å². The van der Waals surface area contributed by atoms with E-state index in [0.29, 0.717) is 16.9 Å². The monoisotopic (exact) mass is 198 g/mol. The van der Waals surface area contributed by atoms with Crippen LogP contribution in [0.4, 0.5) is 11.4 Å². The molecule has 4 heteroatoms. The summed E-state index contributed by atoms with van der Waals surface area (Å²) < 4.78 is 0. The number of hydrogen-bond donors (Lipinski definition) is 2. The van der Waals surface area contributed by atoms with Gasteiger partial charge >= 0.3 is 0 Å². The fourth-order valence-corrected chi connectivity index (χ4v) is 1.37. The molecule has 0 radical (unpaired) electrons. The first-order valence-electron chi connectivity index (χ1n) is 3.81. The Morgan fingerprint density at radius 2 is 1.85 bits per heavy atom. The van der Waals surface area contributed by atoms with Crippen molar-refractivity contribution < 1.29 is 4.79 Å². The lowest BCUT2D eigenvalue weighted by Crippen LogP contribution is -2.09. The van der Waals surface area contributed by atoms with Crippen molar-refractivity contribution in [3.63, 3.8) is 0 Å². The van der Waals surface area contributed by atoms with Crippen molar-refractivity contribution in [2.75, 3.05) is 17.3 Å². The molecular weight excluding hydrogens is 188 g/mol. The standard InChI is InChI=1S/C9H11ClN2O/c1-5-2-6(11)9(7(12)3-5)8(13)4-10/h2-3H,4,11-12H2,1H3. The lowest BCUT2D eigenvalue weighted by atomic mass is 10.0. The Labute approximate surface area is 81.7 Å². The number of rotatable bonds is 2. The summed E-state index contributed by atoms with van der Waals surface area (Å²) >= 11 is 5.41. The number of hydrogen-bond acceptors (Lipinski definition) is 3. The normalized spacial score (nSPS) is 10.0. The average Bonchev–Trinajstić information content (AvgIpc) is 2.02. The van der Waals surface area contributed by atoms with Crippen molar-refractivity contribution in [3.05, 3.63) is 23.3 Å². The highest BCUT2D eigenvalue weighted by Gasteiger charge is 2.12. The minimum absolute atomic E-state index is 0.0997. The maximum Gasteiger partial charge on any atom is 0.181 e. The molecule has 3 nitrogen and oxygen atoms in total. The summed E-state index contributed by atoms with van der Waals surface area (Å²) in [6.45, 7) is 1.86. The van der Waals surface area contributed by atoms with E-state index in [0.717, 1.165) is 5.56 Å². The molecule has 70 valence electrons. The van der Waals surface area contributed by atoms with E-state index in [1.165, 1.54) is 0 Å². The first-order valence-corrected chi connectivity index (χ1v) is 4.34. The number of benzene rings is 1. The highest BCUT2D eigenvalue weighted by atomic mass is 35.5. The zero-order chi connectivity index (χ0) is 10.0. The minimum Gasteiger partial charge on any atom is -0.398 e. The van der Waals surface area contributed by atoms with Crippen LogP contribution in [0.3, 0.4) is 0 Å². The fraction of sp³-hybridized carbons (Fsp3) is 0.222. The number of aryl methyl sites for hydroxylation is 1. The van der Waals surface area contributed by atoms with Gasteiger partial charge in [0.25, 0.3) is 0 Å². The van der Waals surface area contributed by atoms with Gasteiger partial charge < -0.3 is 11.5 Å². The Kier molecular flexibility index (Phi) is 2.78. The summed E-state index contributed by atoms with van der Waals surface area (Å²) in [6.07, 6.45) is 0. The van der Waals surface area contributed by atoms with Crippen molar-refractivity contribution in [2.45, 2.75) is 6.92 Å². The number of ketones is 1. The van der Waals surface area contributed by atoms with Gasteiger partial charge in [-0.05, 0) is 24.6 Å². The number of carbonyl (C=O) groups is 1. The quantitative estimate of drug-likeness (QED) is 0.431. The second-order valence-corrected chi connectivity index (χ2v) is 3.14. The molecule has 0 fully saturated rings. The van der Waals surface area contributed by atoms with Gasteiger partial charge in [-0.2, -0.15) is 0 Å². The number of anilines is 2. The first kappa shape index (κ1) is 9.86. The lowest BCUT2D eigenvalue weighted by Gasteiger charge is -2.07. The third kappa shape index (κ3) is 1.92. The van der Waals surface area contributed by atoms with Crippen LogP contribution in [-0.4, -0.2) is 11.7 Å². The van der Waals surface area contributed by atoms with Crippen molar-refractivity contribution in [3.8, 4) is 0 Å². The largest absolute Gasteiger partial charge is 0.398 e. The lowest BCUT2D eigenvalue weighted by molar-refractivity contribution is 0.102. The number of nitrogens with two attached hydrogens (primary N) is 2. The molecule has 0 atom stereocenters. The maximum atomic E-state index is 11.3. The molecule has 13 heavy (non-hydrogen) atoms. The molecule has 0 aliphatic carbocycles. The molecule has 0 spiro atoms. The molecule has 0 unspecified atom stereocenters. The van der Waals surface area contributed by atoms with Crippen LogP contribution < -0.4 is 11.5 Å². The smallest absolute Gasteiger partial charge is 0.181 e. The third-order valence-corrected chi connectivity index (χ3v) is 1.99. The van der Waals surface area contributed by atoms with Gasteiger partial charge in [0.05, 0.1) is 11.4 Å². The second kappa shape index (κ2) is 3.66. The topological polar surface area (TPSA) is 69.1 Å². The molecule has 0 amide bonds. The van der Waals surface area contributed by atoms with Crippen LogP contribution >= 0.6 is 11.6 Å². The first-order chi connectivity index (χ1) is 6.06. The van der Waals surface area contributed by atoms with E-state index in [1.807, 2.05) is 6.92 Å². The molecule has 0 bridgehead atoms. The summed E-state index contributed by atoms with van der Waals surface area (Å²) in [5.41, 5.74) is 13.3. The Morgan fingerprint density at radius 1 is 1.38 bits per heavy atom. The van der Waals surface area contributed by atoms with E-state index in [2.05, 4.69) is 0 Å². The molecular formula is C9H11ClN2O. The molecule has 0 saturated carbocycles. The summed E-state index contributed by atoms with van der Waals surface area (Å²) in [7, 11) is 0. The molecule has 0 aromatic heterocycles. The highest BCUT2D eigenvalue weighted by Crippen LogP contribution is 2.22. The Morgan fingerprint density at radius 3 is 2.23 bits per heavy atom. The van der Waals surface area contributed by atoms with Crippen LogP contribution in [-0.2, 0) is 0 Å². The fourth-order valence-electron chi connectivity index (χ4n) is 1.23. The van der Waals surface area contributed by atoms with E-state index in [4.69, 9.17) is 23.1 Å². The predicted octanol–water partition coefficient (Wildman–Crippen LogP) is 1.58. The van der Waals surface area contributed by atoms with Gasteiger partial charge in [0.1, 0.15) is 0 Å². The van der Waals surface area contributed by atoms with Gasteiger partial charge in [-0.15, -0.1) is 11.6 Å². The van der Waals surface area contributed by atoms with E-state index in [-0.39, 0.29) is 11.7 Å². The summed E-state index contributed by atoms with van der Waals surface area (Å²) in [5, 5.41) is 0. The van der Waals surface area contributed by atoms with Gasteiger partial charge in [-0.1, -0.05) is 0 Å². The third-order valence-electron chi connectivity index (χ3n) is 1.74. The molecule has 0 aliphatic rings. The predicted molar refractivity (Wildman–Crippen MR) is 55.1 cm³/mol. The van der Waals surface area contributed by atoms with Crippen molar-refractivity contribution in [1.29, 1.82) is 0 Å². The van der Waals surface area contributed by atoms with Gasteiger partial charge in [0.2, 0.25) is 0 Å². The Hall–Kier alpha value is -1.22. The summed E-state index contributed by atoms with van der Waals surface area (Å²) in [6, 6.07) is 3.41. The summed E-state index contributed by atoms with van der Waals surface area (Å²) in [4.78, 5) is 11.3. The Balaban J connectivity index is 3.28. The van der Waals surface area contributed by atoms with E-state index < -0.39 is 0 Å². The van der Waals surface area contributed by atoms with Crippen molar-refractivity contribution in [1.82, 2.24) is 0 Å². The van der Waals surface area contributed by atoms with Crippen molar-refractivity contribution in [2.24, 2.45) is 0 Å². The molecule has 1 rings (SSSR count). The van der Waals surface area contributed by atoms with Gasteiger partial charge in [-0.3, -0.25) is 4.79 Å². The zero-order valence-corrected chi connectivity index (χ0v) is 8.06. The van der Waals surface area contributed by atoms with Gasteiger partial charge in [0, 0.05) is 11.4 Å². The van der Waals surface area contributed by atoms with Gasteiger partial charge in [0.15, 0.2) is 5.78 Å². The second-order valence-electron chi connectivity index (χ2n) is 2.88. The van der Waals surface area contributed by atoms with Crippen molar-refractivity contribution >= 4 is 28.8 Å². The van der Waals surface area contributed by atoms with Crippen LogP contribution in [0.15, 0.2) is 12.1 Å². The Bertz CT molecular complexity index is 326. The summed E-state index contributed by atoms with van der Waals surface area (Å²) in [5.74, 6) is -0.339. The maximum absolute atomic E-state index is 11.3.